The molecule has 20 heavy (non-hydrogen) atoms. The number of carbonyl (C=O) groups is 1. The van der Waals surface area contributed by atoms with Crippen molar-refractivity contribution in [2.24, 2.45) is 0 Å². The molecular formula is C14H11ClN2O3. The van der Waals surface area contributed by atoms with Gasteiger partial charge in [0.2, 0.25) is 5.76 Å². The van der Waals surface area contributed by atoms with Gasteiger partial charge >= 0.3 is 5.97 Å². The van der Waals surface area contributed by atoms with Crippen molar-refractivity contribution in [3.05, 3.63) is 51.9 Å². The third-order valence-electron chi connectivity index (χ3n) is 2.80. The van der Waals surface area contributed by atoms with Gasteiger partial charge in [-0.05, 0) is 31.2 Å². The number of halogens is 1. The first-order chi connectivity index (χ1) is 9.51. The van der Waals surface area contributed by atoms with Crippen molar-refractivity contribution in [2.45, 2.75) is 13.5 Å². The van der Waals surface area contributed by atoms with Gasteiger partial charge < -0.3 is 14.8 Å². The van der Waals surface area contributed by atoms with E-state index in [1.54, 1.807) is 25.1 Å². The molecule has 0 aliphatic heterocycles. The third-order valence-corrected chi connectivity index (χ3v) is 3.04. The number of anilines is 1. The zero-order chi connectivity index (χ0) is 14.7. The van der Waals surface area contributed by atoms with Gasteiger partial charge in [0, 0.05) is 17.1 Å². The molecule has 0 aliphatic rings. The summed E-state index contributed by atoms with van der Waals surface area (Å²) in [5.74, 6) is -0.693. The van der Waals surface area contributed by atoms with Crippen LogP contribution in [0.1, 0.15) is 27.4 Å². The predicted octanol–water partition coefficient (Wildman–Crippen LogP) is 3.42. The molecule has 0 saturated heterocycles. The molecule has 0 radical (unpaired) electrons. The van der Waals surface area contributed by atoms with Crippen LogP contribution in [0.25, 0.3) is 0 Å². The summed E-state index contributed by atoms with van der Waals surface area (Å²) in [7, 11) is 0. The highest BCUT2D eigenvalue weighted by atomic mass is 35.5. The Hall–Kier alpha value is -2.45. The fraction of sp³-hybridized carbons (Fsp3) is 0.143. The van der Waals surface area contributed by atoms with Crippen LogP contribution in [0.15, 0.2) is 28.7 Å². The van der Waals surface area contributed by atoms with E-state index in [2.05, 4.69) is 11.4 Å². The highest BCUT2D eigenvalue weighted by molar-refractivity contribution is 6.30. The maximum Gasteiger partial charge on any atom is 0.371 e. The van der Waals surface area contributed by atoms with E-state index >= 15 is 0 Å². The highest BCUT2D eigenvalue weighted by Crippen LogP contribution is 2.22. The SMILES string of the molecule is Cc1oc(C(=O)O)cc1CNc1cc(Cl)ccc1C#N. The Bertz CT molecular complexity index is 701. The fourth-order valence-corrected chi connectivity index (χ4v) is 1.92. The summed E-state index contributed by atoms with van der Waals surface area (Å²) in [5, 5.41) is 21.4. The van der Waals surface area contributed by atoms with Gasteiger partial charge in [0.05, 0.1) is 11.3 Å². The lowest BCUT2D eigenvalue weighted by Gasteiger charge is -2.07. The number of carboxylic acids is 1. The van der Waals surface area contributed by atoms with Gasteiger partial charge in [-0.25, -0.2) is 4.79 Å². The molecule has 1 aromatic carbocycles. The zero-order valence-corrected chi connectivity index (χ0v) is 11.4. The van der Waals surface area contributed by atoms with Crippen molar-refractivity contribution in [1.29, 1.82) is 5.26 Å². The van der Waals surface area contributed by atoms with Crippen molar-refractivity contribution in [3.63, 3.8) is 0 Å². The number of aryl methyl sites for hydroxylation is 1. The molecule has 1 heterocycles. The lowest BCUT2D eigenvalue weighted by Crippen LogP contribution is -2.01. The minimum absolute atomic E-state index is 0.106. The van der Waals surface area contributed by atoms with Crippen LogP contribution in [0, 0.1) is 18.3 Å². The minimum atomic E-state index is -1.11. The van der Waals surface area contributed by atoms with Crippen molar-refractivity contribution < 1.29 is 14.3 Å². The largest absolute Gasteiger partial charge is 0.475 e. The molecule has 0 spiro atoms. The van der Waals surface area contributed by atoms with Crippen LogP contribution in [0.2, 0.25) is 5.02 Å². The second-order valence-electron chi connectivity index (χ2n) is 4.15. The van der Waals surface area contributed by atoms with E-state index in [9.17, 15) is 4.79 Å². The second kappa shape index (κ2) is 5.68. The fourth-order valence-electron chi connectivity index (χ4n) is 1.75. The number of nitrogens with zero attached hydrogens (tertiary/aromatic N) is 1. The number of nitrogens with one attached hydrogen (secondary N) is 1. The summed E-state index contributed by atoms with van der Waals surface area (Å²) in [4.78, 5) is 10.8. The monoisotopic (exact) mass is 290 g/mol. The number of rotatable bonds is 4. The van der Waals surface area contributed by atoms with E-state index in [4.69, 9.17) is 26.4 Å². The number of hydrogen-bond donors (Lipinski definition) is 2. The molecule has 0 bridgehead atoms. The van der Waals surface area contributed by atoms with Crippen LogP contribution in [0.5, 0.6) is 0 Å². The number of furan rings is 1. The van der Waals surface area contributed by atoms with Crippen LogP contribution in [0.4, 0.5) is 5.69 Å². The third kappa shape index (κ3) is 2.92. The van der Waals surface area contributed by atoms with Crippen LogP contribution in [-0.4, -0.2) is 11.1 Å². The molecule has 5 nitrogen and oxygen atoms in total. The number of carboxylic acid groups (broad SMARTS) is 1. The molecule has 0 unspecified atom stereocenters. The molecule has 2 N–H and O–H groups in total. The molecule has 102 valence electrons. The van der Waals surface area contributed by atoms with Gasteiger partial charge in [0.1, 0.15) is 11.8 Å². The quantitative estimate of drug-likeness (QED) is 0.901. The normalized spacial score (nSPS) is 10.1. The van der Waals surface area contributed by atoms with E-state index in [1.807, 2.05) is 0 Å². The lowest BCUT2D eigenvalue weighted by molar-refractivity contribution is 0.0661. The summed E-state index contributed by atoms with van der Waals surface area (Å²) in [6.07, 6.45) is 0. The zero-order valence-electron chi connectivity index (χ0n) is 10.6. The van der Waals surface area contributed by atoms with Crippen molar-refractivity contribution in [1.82, 2.24) is 0 Å². The van der Waals surface area contributed by atoms with Gasteiger partial charge in [-0.1, -0.05) is 11.6 Å². The first-order valence-corrected chi connectivity index (χ1v) is 6.15. The Balaban J connectivity index is 2.19. The van der Waals surface area contributed by atoms with E-state index in [-0.39, 0.29) is 5.76 Å². The predicted molar refractivity (Wildman–Crippen MR) is 73.9 cm³/mol. The molecule has 2 aromatic rings. The molecule has 0 aliphatic carbocycles. The molecule has 0 fully saturated rings. The molecule has 6 heteroatoms. The average Bonchev–Trinajstić information content (AvgIpc) is 2.78. The number of hydrogen-bond acceptors (Lipinski definition) is 4. The van der Waals surface area contributed by atoms with E-state index < -0.39 is 5.97 Å². The second-order valence-corrected chi connectivity index (χ2v) is 4.59. The van der Waals surface area contributed by atoms with Crippen LogP contribution >= 0.6 is 11.6 Å². The molecule has 0 amide bonds. The van der Waals surface area contributed by atoms with Gasteiger partial charge in [-0.2, -0.15) is 5.26 Å². The molecule has 0 atom stereocenters. The summed E-state index contributed by atoms with van der Waals surface area (Å²) in [6.45, 7) is 2.03. The van der Waals surface area contributed by atoms with E-state index in [0.29, 0.717) is 34.1 Å². The molecule has 2 rings (SSSR count). The van der Waals surface area contributed by atoms with Crippen LogP contribution in [-0.2, 0) is 6.54 Å². The van der Waals surface area contributed by atoms with Gasteiger partial charge in [-0.15, -0.1) is 0 Å². The van der Waals surface area contributed by atoms with Crippen LogP contribution < -0.4 is 5.32 Å². The number of nitriles is 1. The topological polar surface area (TPSA) is 86.3 Å². The summed E-state index contributed by atoms with van der Waals surface area (Å²) in [5.41, 5.74) is 1.78. The number of benzene rings is 1. The summed E-state index contributed by atoms with van der Waals surface area (Å²) >= 11 is 5.89. The van der Waals surface area contributed by atoms with Gasteiger partial charge in [0.25, 0.3) is 0 Å². The highest BCUT2D eigenvalue weighted by Gasteiger charge is 2.13. The Morgan fingerprint density at radius 1 is 1.50 bits per heavy atom. The minimum Gasteiger partial charge on any atom is -0.475 e. The van der Waals surface area contributed by atoms with Gasteiger partial charge in [-0.3, -0.25) is 0 Å². The standard InChI is InChI=1S/C14H11ClN2O3/c1-8-10(4-13(20-8)14(18)19)7-17-12-5-11(15)3-2-9(12)6-16/h2-5,17H,7H2,1H3,(H,18,19). The van der Waals surface area contributed by atoms with Crippen molar-refractivity contribution in [3.8, 4) is 6.07 Å². The van der Waals surface area contributed by atoms with Gasteiger partial charge in [0.15, 0.2) is 0 Å². The van der Waals surface area contributed by atoms with Crippen molar-refractivity contribution in [2.75, 3.05) is 5.32 Å². The summed E-state index contributed by atoms with van der Waals surface area (Å²) in [6, 6.07) is 8.42. The number of aromatic carboxylic acids is 1. The average molecular weight is 291 g/mol. The first kappa shape index (κ1) is 14.0. The summed E-state index contributed by atoms with van der Waals surface area (Å²) < 4.78 is 5.11. The smallest absolute Gasteiger partial charge is 0.371 e. The molecule has 1 aromatic heterocycles. The first-order valence-electron chi connectivity index (χ1n) is 5.77. The Morgan fingerprint density at radius 3 is 2.85 bits per heavy atom. The van der Waals surface area contributed by atoms with Crippen LogP contribution in [0.3, 0.4) is 0 Å². The Morgan fingerprint density at radius 2 is 2.25 bits per heavy atom. The Labute approximate surface area is 120 Å². The van der Waals surface area contributed by atoms with E-state index in [1.165, 1.54) is 6.07 Å². The van der Waals surface area contributed by atoms with E-state index in [0.717, 1.165) is 0 Å². The molecule has 0 saturated carbocycles. The van der Waals surface area contributed by atoms with Crippen molar-refractivity contribution >= 4 is 23.3 Å². The Kier molecular flexibility index (Phi) is 3.97. The maximum absolute atomic E-state index is 10.8. The lowest BCUT2D eigenvalue weighted by atomic mass is 10.2. The maximum atomic E-state index is 10.8. The molecular weight excluding hydrogens is 280 g/mol.